The van der Waals surface area contributed by atoms with Crippen LogP contribution in [0.3, 0.4) is 0 Å². The van der Waals surface area contributed by atoms with Gasteiger partial charge in [0.05, 0.1) is 0 Å². The molecule has 1 unspecified atom stereocenters. The second-order valence-corrected chi connectivity index (χ2v) is 6.68. The molecular formula is C18H31BrN2. The van der Waals surface area contributed by atoms with E-state index in [0.717, 1.165) is 29.9 Å². The van der Waals surface area contributed by atoms with E-state index in [9.17, 15) is 0 Å². The van der Waals surface area contributed by atoms with Gasteiger partial charge in [0.1, 0.15) is 0 Å². The van der Waals surface area contributed by atoms with Crippen LogP contribution in [-0.4, -0.2) is 31.6 Å². The molecule has 0 bridgehead atoms. The van der Waals surface area contributed by atoms with E-state index >= 15 is 0 Å². The number of hydrogen-bond donors (Lipinski definition) is 1. The van der Waals surface area contributed by atoms with Crippen LogP contribution in [-0.2, 0) is 0 Å². The Hall–Kier alpha value is -0.380. The first-order valence-corrected chi connectivity index (χ1v) is 9.08. The summed E-state index contributed by atoms with van der Waals surface area (Å²) in [7, 11) is 2.06. The fourth-order valence-electron chi connectivity index (χ4n) is 2.80. The molecule has 1 N–H and O–H groups in total. The molecule has 1 atom stereocenters. The molecule has 1 rings (SSSR count). The number of halogens is 1. The summed E-state index contributed by atoms with van der Waals surface area (Å²) in [6.07, 6.45) is 3.73. The molecule has 0 spiro atoms. The lowest BCUT2D eigenvalue weighted by Crippen LogP contribution is -2.32. The first-order chi connectivity index (χ1) is 10.1. The first kappa shape index (κ1) is 18.7. The van der Waals surface area contributed by atoms with Crippen molar-refractivity contribution in [1.82, 2.24) is 10.2 Å². The predicted octanol–water partition coefficient (Wildman–Crippen LogP) is 4.86. The number of nitrogens with zero attached hydrogens (tertiary/aromatic N) is 1. The van der Waals surface area contributed by atoms with E-state index < -0.39 is 0 Å². The Morgan fingerprint density at radius 2 is 1.90 bits per heavy atom. The summed E-state index contributed by atoms with van der Waals surface area (Å²) in [5.74, 6) is 0.837. The SMILES string of the molecule is CCC(CC)CN(CC)CCC(NC)c1cccc(Br)c1. The number of benzene rings is 1. The standard InChI is InChI=1S/C18H31BrN2/c1-5-15(6-2)14-21(7-3)12-11-18(20-4)16-9-8-10-17(19)13-16/h8-10,13,15,18,20H,5-7,11-12,14H2,1-4H3. The molecule has 0 fully saturated rings. The number of hydrogen-bond acceptors (Lipinski definition) is 2. The van der Waals surface area contributed by atoms with E-state index in [1.165, 1.54) is 24.9 Å². The monoisotopic (exact) mass is 354 g/mol. The Labute approximate surface area is 139 Å². The van der Waals surface area contributed by atoms with Crippen molar-refractivity contribution in [2.45, 2.75) is 46.1 Å². The molecule has 0 aliphatic heterocycles. The molecule has 0 aliphatic rings. The maximum Gasteiger partial charge on any atom is 0.0330 e. The number of nitrogens with one attached hydrogen (secondary N) is 1. The minimum atomic E-state index is 0.429. The van der Waals surface area contributed by atoms with Gasteiger partial charge in [0.25, 0.3) is 0 Å². The zero-order valence-electron chi connectivity index (χ0n) is 14.0. The lowest BCUT2D eigenvalue weighted by molar-refractivity contribution is 0.223. The Morgan fingerprint density at radius 1 is 1.19 bits per heavy atom. The van der Waals surface area contributed by atoms with Crippen LogP contribution in [0.4, 0.5) is 0 Å². The van der Waals surface area contributed by atoms with Crippen LogP contribution in [0.1, 0.15) is 51.6 Å². The zero-order valence-corrected chi connectivity index (χ0v) is 15.6. The van der Waals surface area contributed by atoms with E-state index in [4.69, 9.17) is 0 Å². The quantitative estimate of drug-likeness (QED) is 0.645. The molecule has 0 radical (unpaired) electrons. The average Bonchev–Trinajstić information content (AvgIpc) is 2.51. The molecule has 0 aliphatic carbocycles. The summed E-state index contributed by atoms with van der Waals surface area (Å²) in [6.45, 7) is 10.4. The van der Waals surface area contributed by atoms with E-state index in [1.54, 1.807) is 0 Å². The zero-order chi connectivity index (χ0) is 15.7. The molecule has 3 heteroatoms. The van der Waals surface area contributed by atoms with Gasteiger partial charge in [-0.05, 0) is 50.2 Å². The van der Waals surface area contributed by atoms with Crippen LogP contribution in [0.15, 0.2) is 28.7 Å². The highest BCUT2D eigenvalue weighted by Gasteiger charge is 2.14. The van der Waals surface area contributed by atoms with Crippen molar-refractivity contribution in [3.05, 3.63) is 34.3 Å². The molecule has 120 valence electrons. The highest BCUT2D eigenvalue weighted by molar-refractivity contribution is 9.10. The Bertz CT molecular complexity index is 391. The summed E-state index contributed by atoms with van der Waals surface area (Å²) in [5.41, 5.74) is 1.37. The lowest BCUT2D eigenvalue weighted by atomic mass is 10.0. The van der Waals surface area contributed by atoms with Gasteiger partial charge in [0.15, 0.2) is 0 Å². The van der Waals surface area contributed by atoms with Gasteiger partial charge in [-0.2, -0.15) is 0 Å². The molecule has 0 heterocycles. The molecular weight excluding hydrogens is 324 g/mol. The number of rotatable bonds is 10. The van der Waals surface area contributed by atoms with E-state index in [0.29, 0.717) is 6.04 Å². The molecule has 0 saturated carbocycles. The molecule has 0 saturated heterocycles. The van der Waals surface area contributed by atoms with Gasteiger partial charge in [0.2, 0.25) is 0 Å². The van der Waals surface area contributed by atoms with Crippen molar-refractivity contribution < 1.29 is 0 Å². The summed E-state index contributed by atoms with van der Waals surface area (Å²) in [5, 5.41) is 3.46. The summed E-state index contributed by atoms with van der Waals surface area (Å²) in [4.78, 5) is 2.60. The van der Waals surface area contributed by atoms with E-state index in [-0.39, 0.29) is 0 Å². The molecule has 2 nitrogen and oxygen atoms in total. The highest BCUT2D eigenvalue weighted by atomic mass is 79.9. The maximum atomic E-state index is 3.57. The van der Waals surface area contributed by atoms with Gasteiger partial charge < -0.3 is 10.2 Å². The van der Waals surface area contributed by atoms with Crippen molar-refractivity contribution in [2.24, 2.45) is 5.92 Å². The second-order valence-electron chi connectivity index (χ2n) is 5.76. The van der Waals surface area contributed by atoms with Crippen LogP contribution in [0.5, 0.6) is 0 Å². The predicted molar refractivity (Wildman–Crippen MR) is 96.7 cm³/mol. The Morgan fingerprint density at radius 3 is 2.43 bits per heavy atom. The van der Waals surface area contributed by atoms with E-state index in [1.807, 2.05) is 0 Å². The lowest BCUT2D eigenvalue weighted by Gasteiger charge is -2.27. The maximum absolute atomic E-state index is 3.57. The molecule has 1 aromatic carbocycles. The average molecular weight is 355 g/mol. The topological polar surface area (TPSA) is 15.3 Å². The van der Waals surface area contributed by atoms with Gasteiger partial charge in [0, 0.05) is 17.1 Å². The van der Waals surface area contributed by atoms with Crippen molar-refractivity contribution >= 4 is 15.9 Å². The Balaban J connectivity index is 2.56. The third-order valence-electron chi connectivity index (χ3n) is 4.45. The smallest absolute Gasteiger partial charge is 0.0330 e. The van der Waals surface area contributed by atoms with Gasteiger partial charge in [-0.25, -0.2) is 0 Å². The van der Waals surface area contributed by atoms with Crippen molar-refractivity contribution in [1.29, 1.82) is 0 Å². The third-order valence-corrected chi connectivity index (χ3v) is 4.95. The fraction of sp³-hybridized carbons (Fsp3) is 0.667. The third kappa shape index (κ3) is 6.50. The van der Waals surface area contributed by atoms with Crippen molar-refractivity contribution in [3.8, 4) is 0 Å². The van der Waals surface area contributed by atoms with Gasteiger partial charge >= 0.3 is 0 Å². The van der Waals surface area contributed by atoms with Crippen LogP contribution < -0.4 is 5.32 Å². The minimum Gasteiger partial charge on any atom is -0.313 e. The highest BCUT2D eigenvalue weighted by Crippen LogP contribution is 2.21. The second kappa shape index (κ2) is 10.4. The summed E-state index contributed by atoms with van der Waals surface area (Å²) in [6, 6.07) is 9.06. The molecule has 21 heavy (non-hydrogen) atoms. The van der Waals surface area contributed by atoms with Crippen LogP contribution in [0.2, 0.25) is 0 Å². The van der Waals surface area contributed by atoms with Crippen LogP contribution in [0, 0.1) is 5.92 Å². The molecule has 1 aromatic rings. The molecule has 0 aromatic heterocycles. The summed E-state index contributed by atoms with van der Waals surface area (Å²) < 4.78 is 1.16. The largest absolute Gasteiger partial charge is 0.313 e. The fourth-order valence-corrected chi connectivity index (χ4v) is 3.22. The van der Waals surface area contributed by atoms with Gasteiger partial charge in [-0.1, -0.05) is 61.7 Å². The van der Waals surface area contributed by atoms with Gasteiger partial charge in [-0.3, -0.25) is 0 Å². The van der Waals surface area contributed by atoms with E-state index in [2.05, 4.69) is 78.2 Å². The van der Waals surface area contributed by atoms with Crippen LogP contribution in [0.25, 0.3) is 0 Å². The van der Waals surface area contributed by atoms with Crippen LogP contribution >= 0.6 is 15.9 Å². The Kier molecular flexibility index (Phi) is 9.21. The normalized spacial score (nSPS) is 13.1. The molecule has 0 amide bonds. The minimum absolute atomic E-state index is 0.429. The summed E-state index contributed by atoms with van der Waals surface area (Å²) >= 11 is 3.57. The van der Waals surface area contributed by atoms with Crippen molar-refractivity contribution in [3.63, 3.8) is 0 Å². The first-order valence-electron chi connectivity index (χ1n) is 8.29. The van der Waals surface area contributed by atoms with Gasteiger partial charge in [-0.15, -0.1) is 0 Å². The van der Waals surface area contributed by atoms with Crippen molar-refractivity contribution in [2.75, 3.05) is 26.7 Å².